The number of hydrogen-bond acceptors (Lipinski definition) is 3. The van der Waals surface area contributed by atoms with Crippen molar-refractivity contribution in [2.75, 3.05) is 13.1 Å². The zero-order valence-corrected chi connectivity index (χ0v) is 17.3. The van der Waals surface area contributed by atoms with E-state index in [1.807, 2.05) is 22.9 Å². The molecule has 4 heteroatoms. The van der Waals surface area contributed by atoms with Gasteiger partial charge in [0.15, 0.2) is 0 Å². The smallest absolute Gasteiger partial charge is 0.113 e. The molecule has 0 atom stereocenters. The zero-order valence-electron chi connectivity index (χ0n) is 17.3. The number of aromatic nitrogens is 3. The Bertz CT molecular complexity index is 1200. The van der Waals surface area contributed by atoms with Crippen LogP contribution in [0.2, 0.25) is 0 Å². The molecule has 0 spiro atoms. The van der Waals surface area contributed by atoms with Crippen molar-refractivity contribution in [3.05, 3.63) is 95.1 Å². The molecule has 0 bridgehead atoms. The fraction of sp³-hybridized carbons (Fsp3) is 0.231. The van der Waals surface area contributed by atoms with Crippen LogP contribution in [-0.4, -0.2) is 28.1 Å². The van der Waals surface area contributed by atoms with E-state index in [9.17, 15) is 0 Å². The van der Waals surface area contributed by atoms with Crippen molar-refractivity contribution in [1.82, 2.24) is 20.3 Å². The normalized spacial score (nSPS) is 14.1. The Morgan fingerprint density at radius 2 is 1.77 bits per heavy atom. The van der Waals surface area contributed by atoms with Gasteiger partial charge in [-0.05, 0) is 78.8 Å². The van der Waals surface area contributed by atoms with E-state index in [-0.39, 0.29) is 0 Å². The summed E-state index contributed by atoms with van der Waals surface area (Å²) in [5.74, 6) is 0. The fourth-order valence-corrected chi connectivity index (χ4v) is 4.46. The second kappa shape index (κ2) is 8.25. The van der Waals surface area contributed by atoms with Crippen molar-refractivity contribution in [2.24, 2.45) is 0 Å². The molecule has 0 saturated heterocycles. The van der Waals surface area contributed by atoms with Gasteiger partial charge in [0.25, 0.3) is 0 Å². The van der Waals surface area contributed by atoms with Gasteiger partial charge in [-0.25, -0.2) is 4.68 Å². The maximum Gasteiger partial charge on any atom is 0.113 e. The van der Waals surface area contributed by atoms with Gasteiger partial charge < -0.3 is 5.32 Å². The van der Waals surface area contributed by atoms with Gasteiger partial charge in [0, 0.05) is 6.54 Å². The standard InChI is InChI=1S/C26H26N4/c1-19-24(30-25-10-6-5-9-23(25)28-29-30)14-13-21(12-11-20-7-3-2-4-8-20)26(19)22-15-17-27-18-16-22/h2-10,13-15,27H,11-12,16-18H2,1H3. The SMILES string of the molecule is Cc1c(-n2nnc3ccccc32)ccc(CCc2ccccc2)c1C1=CCNCC1. The molecule has 1 aromatic heterocycles. The second-order valence-electron chi connectivity index (χ2n) is 7.90. The Kier molecular flexibility index (Phi) is 5.16. The minimum atomic E-state index is 0.924. The third-order valence-corrected chi connectivity index (χ3v) is 6.01. The van der Waals surface area contributed by atoms with Crippen molar-refractivity contribution in [3.63, 3.8) is 0 Å². The van der Waals surface area contributed by atoms with Gasteiger partial charge in [0.05, 0.1) is 11.2 Å². The molecule has 3 aromatic carbocycles. The summed E-state index contributed by atoms with van der Waals surface area (Å²) in [5.41, 5.74) is 10.00. The number of para-hydroxylation sites is 1. The van der Waals surface area contributed by atoms with Crippen LogP contribution >= 0.6 is 0 Å². The predicted octanol–water partition coefficient (Wildman–Crippen LogP) is 4.89. The lowest BCUT2D eigenvalue weighted by Crippen LogP contribution is -2.21. The molecule has 0 aliphatic carbocycles. The average molecular weight is 395 g/mol. The molecule has 1 aliphatic rings. The minimum Gasteiger partial charge on any atom is -0.313 e. The van der Waals surface area contributed by atoms with Crippen LogP contribution in [0.4, 0.5) is 0 Å². The maximum atomic E-state index is 4.47. The minimum absolute atomic E-state index is 0.924. The molecule has 5 rings (SSSR count). The highest BCUT2D eigenvalue weighted by atomic mass is 15.4. The van der Waals surface area contributed by atoms with Crippen LogP contribution < -0.4 is 5.32 Å². The number of hydrogen-bond donors (Lipinski definition) is 1. The molecule has 4 aromatic rings. The van der Waals surface area contributed by atoms with Crippen LogP contribution in [0.3, 0.4) is 0 Å². The van der Waals surface area contributed by atoms with E-state index in [0.29, 0.717) is 0 Å². The van der Waals surface area contributed by atoms with E-state index in [4.69, 9.17) is 0 Å². The van der Waals surface area contributed by atoms with Crippen LogP contribution in [0.1, 0.15) is 28.7 Å². The Balaban J connectivity index is 1.59. The first-order valence-electron chi connectivity index (χ1n) is 10.7. The maximum absolute atomic E-state index is 4.47. The van der Waals surface area contributed by atoms with Gasteiger partial charge in [-0.1, -0.05) is 59.8 Å². The molecular weight excluding hydrogens is 368 g/mol. The lowest BCUT2D eigenvalue weighted by atomic mass is 9.88. The van der Waals surface area contributed by atoms with Gasteiger partial charge in [-0.3, -0.25) is 0 Å². The van der Waals surface area contributed by atoms with Gasteiger partial charge in [0.2, 0.25) is 0 Å². The molecule has 0 fully saturated rings. The van der Waals surface area contributed by atoms with Crippen LogP contribution in [0.15, 0.2) is 72.8 Å². The Hall–Kier alpha value is -3.24. The number of nitrogens with zero attached hydrogens (tertiary/aromatic N) is 3. The molecule has 2 heterocycles. The zero-order chi connectivity index (χ0) is 20.3. The quantitative estimate of drug-likeness (QED) is 0.524. The summed E-state index contributed by atoms with van der Waals surface area (Å²) in [6.07, 6.45) is 5.48. The molecule has 0 unspecified atom stereocenters. The Morgan fingerprint density at radius 3 is 2.60 bits per heavy atom. The van der Waals surface area contributed by atoms with Gasteiger partial charge in [-0.15, -0.1) is 5.10 Å². The second-order valence-corrected chi connectivity index (χ2v) is 7.90. The third kappa shape index (κ3) is 3.55. The van der Waals surface area contributed by atoms with E-state index in [1.165, 1.54) is 27.8 Å². The Morgan fingerprint density at radius 1 is 0.933 bits per heavy atom. The average Bonchev–Trinajstić information content (AvgIpc) is 3.23. The molecule has 0 amide bonds. The summed E-state index contributed by atoms with van der Waals surface area (Å²) in [6.45, 7) is 4.19. The Labute approximate surface area is 177 Å². The summed E-state index contributed by atoms with van der Waals surface area (Å²) in [5, 5.41) is 12.3. The van der Waals surface area contributed by atoms with Crippen LogP contribution in [-0.2, 0) is 12.8 Å². The van der Waals surface area contributed by atoms with E-state index >= 15 is 0 Å². The molecule has 1 N–H and O–H groups in total. The molecule has 30 heavy (non-hydrogen) atoms. The van der Waals surface area contributed by atoms with Crippen molar-refractivity contribution in [2.45, 2.75) is 26.2 Å². The van der Waals surface area contributed by atoms with Gasteiger partial charge in [-0.2, -0.15) is 0 Å². The molecular formula is C26H26N4. The molecule has 0 radical (unpaired) electrons. The summed E-state index contributed by atoms with van der Waals surface area (Å²) < 4.78 is 1.98. The summed E-state index contributed by atoms with van der Waals surface area (Å²) >= 11 is 0. The highest BCUT2D eigenvalue weighted by Crippen LogP contribution is 2.32. The molecule has 1 aliphatic heterocycles. The number of fused-ring (bicyclic) bond motifs is 1. The molecule has 0 saturated carbocycles. The largest absolute Gasteiger partial charge is 0.313 e. The summed E-state index contributed by atoms with van der Waals surface area (Å²) in [6, 6.07) is 23.4. The van der Waals surface area contributed by atoms with Crippen molar-refractivity contribution >= 4 is 16.6 Å². The molecule has 150 valence electrons. The van der Waals surface area contributed by atoms with E-state index < -0.39 is 0 Å². The van der Waals surface area contributed by atoms with E-state index in [1.54, 1.807) is 0 Å². The first-order valence-corrected chi connectivity index (χ1v) is 10.7. The van der Waals surface area contributed by atoms with Gasteiger partial charge >= 0.3 is 0 Å². The summed E-state index contributed by atoms with van der Waals surface area (Å²) in [4.78, 5) is 0. The first-order chi connectivity index (χ1) is 14.8. The highest BCUT2D eigenvalue weighted by molar-refractivity contribution is 5.79. The van der Waals surface area contributed by atoms with Crippen LogP contribution in [0, 0.1) is 6.92 Å². The van der Waals surface area contributed by atoms with Crippen molar-refractivity contribution in [3.8, 4) is 5.69 Å². The van der Waals surface area contributed by atoms with Crippen LogP contribution in [0.5, 0.6) is 0 Å². The van der Waals surface area contributed by atoms with Crippen molar-refractivity contribution in [1.29, 1.82) is 0 Å². The topological polar surface area (TPSA) is 42.7 Å². The van der Waals surface area contributed by atoms with Crippen LogP contribution in [0.25, 0.3) is 22.3 Å². The number of aryl methyl sites for hydroxylation is 2. The van der Waals surface area contributed by atoms with Crippen molar-refractivity contribution < 1.29 is 0 Å². The third-order valence-electron chi connectivity index (χ3n) is 6.01. The summed E-state index contributed by atoms with van der Waals surface area (Å²) in [7, 11) is 0. The lowest BCUT2D eigenvalue weighted by molar-refractivity contribution is 0.736. The molecule has 4 nitrogen and oxygen atoms in total. The first kappa shape index (κ1) is 18.8. The number of rotatable bonds is 5. The van der Waals surface area contributed by atoms with Gasteiger partial charge in [0.1, 0.15) is 5.52 Å². The monoisotopic (exact) mass is 394 g/mol. The highest BCUT2D eigenvalue weighted by Gasteiger charge is 2.18. The van der Waals surface area contributed by atoms with E-state index in [0.717, 1.165) is 49.1 Å². The number of benzene rings is 3. The lowest BCUT2D eigenvalue weighted by Gasteiger charge is -2.22. The van der Waals surface area contributed by atoms with E-state index in [2.05, 4.69) is 77.2 Å². The fourth-order valence-electron chi connectivity index (χ4n) is 4.46. The number of nitrogens with one attached hydrogen (secondary N) is 1. The predicted molar refractivity (Wildman–Crippen MR) is 123 cm³/mol.